The highest BCUT2D eigenvalue weighted by Crippen LogP contribution is 2.39. The van der Waals surface area contributed by atoms with Gasteiger partial charge < -0.3 is 19.3 Å². The van der Waals surface area contributed by atoms with Crippen LogP contribution in [0.5, 0.6) is 0 Å². The maximum absolute atomic E-state index is 15.1. The molecule has 4 atom stereocenters. The monoisotopic (exact) mass is 523 g/mol. The Morgan fingerprint density at radius 1 is 1.03 bits per heavy atom. The van der Waals surface area contributed by atoms with Crippen LogP contribution in [0.3, 0.4) is 0 Å². The van der Waals surface area contributed by atoms with Crippen LogP contribution in [0.2, 0.25) is 5.02 Å². The van der Waals surface area contributed by atoms with Gasteiger partial charge in [-0.25, -0.2) is 9.18 Å². The molecule has 3 aliphatic heterocycles. The molecule has 4 rings (SSSR count). The van der Waals surface area contributed by atoms with E-state index in [1.165, 1.54) is 6.07 Å². The molecular weight excluding hydrogens is 485 g/mol. The third-order valence-electron chi connectivity index (χ3n) is 7.63. The van der Waals surface area contributed by atoms with Gasteiger partial charge in [-0.2, -0.15) is 0 Å². The quantitative estimate of drug-likeness (QED) is 0.582. The van der Waals surface area contributed by atoms with E-state index >= 15 is 4.39 Å². The van der Waals surface area contributed by atoms with Crippen LogP contribution in [0.4, 0.5) is 9.18 Å². The van der Waals surface area contributed by atoms with Crippen LogP contribution in [-0.2, 0) is 14.3 Å². The van der Waals surface area contributed by atoms with Crippen LogP contribution < -0.4 is 0 Å². The lowest BCUT2D eigenvalue weighted by Gasteiger charge is -2.45. The Kier molecular flexibility index (Phi) is 8.17. The number of carbonyl (C=O) groups excluding carboxylic acids is 2. The molecule has 0 saturated carbocycles. The number of piperazine rings is 1. The molecule has 1 aromatic rings. The molecule has 0 N–H and O–H groups in total. The third-order valence-corrected chi connectivity index (χ3v) is 7.87. The van der Waals surface area contributed by atoms with Crippen molar-refractivity contribution in [1.82, 2.24) is 14.7 Å². The van der Waals surface area contributed by atoms with E-state index in [2.05, 4.69) is 4.90 Å². The fraction of sp³-hybridized carbons (Fsp3) is 0.704. The molecule has 7 nitrogen and oxygen atoms in total. The molecule has 1 aromatic carbocycles. The molecule has 36 heavy (non-hydrogen) atoms. The molecule has 3 heterocycles. The molecule has 0 aromatic heterocycles. The van der Waals surface area contributed by atoms with Crippen molar-refractivity contribution in [2.75, 3.05) is 39.4 Å². The minimum absolute atomic E-state index is 0.0205. The van der Waals surface area contributed by atoms with Crippen LogP contribution in [0, 0.1) is 11.7 Å². The SMILES string of the molecule is C[C@@H]1CN(C(=O)[C@@H]2CN(C3CCOCC3)C[C@H]2c2ccc(Cl)cc2F)[C@@H](C)CN1C(=O)OC(C)(C)C. The highest BCUT2D eigenvalue weighted by molar-refractivity contribution is 6.30. The van der Waals surface area contributed by atoms with Gasteiger partial charge in [0.15, 0.2) is 0 Å². The van der Waals surface area contributed by atoms with E-state index in [-0.39, 0.29) is 41.7 Å². The van der Waals surface area contributed by atoms with E-state index in [1.807, 2.05) is 39.5 Å². The van der Waals surface area contributed by atoms with Crippen molar-refractivity contribution in [3.8, 4) is 0 Å². The number of hydrogen-bond acceptors (Lipinski definition) is 5. The Bertz CT molecular complexity index is 965. The first-order chi connectivity index (χ1) is 16.9. The van der Waals surface area contributed by atoms with Gasteiger partial charge in [0, 0.05) is 68.5 Å². The maximum Gasteiger partial charge on any atom is 0.410 e. The number of rotatable bonds is 3. The molecule has 0 unspecified atom stereocenters. The molecule has 9 heteroatoms. The Morgan fingerprint density at radius 2 is 1.67 bits per heavy atom. The van der Waals surface area contributed by atoms with Crippen molar-refractivity contribution in [1.29, 1.82) is 0 Å². The van der Waals surface area contributed by atoms with E-state index in [9.17, 15) is 9.59 Å². The number of amides is 2. The maximum atomic E-state index is 15.1. The first-order valence-electron chi connectivity index (χ1n) is 13.0. The number of hydrogen-bond donors (Lipinski definition) is 0. The molecule has 3 aliphatic rings. The highest BCUT2D eigenvalue weighted by atomic mass is 35.5. The van der Waals surface area contributed by atoms with E-state index in [0.29, 0.717) is 56.0 Å². The van der Waals surface area contributed by atoms with Gasteiger partial charge in [0.2, 0.25) is 5.91 Å². The predicted octanol–water partition coefficient (Wildman–Crippen LogP) is 4.53. The average molecular weight is 524 g/mol. The predicted molar refractivity (Wildman–Crippen MR) is 137 cm³/mol. The van der Waals surface area contributed by atoms with Crippen molar-refractivity contribution in [2.24, 2.45) is 5.92 Å². The third kappa shape index (κ3) is 5.97. The average Bonchev–Trinajstić information content (AvgIpc) is 3.24. The summed E-state index contributed by atoms with van der Waals surface area (Å²) in [6.07, 6.45) is 1.47. The minimum atomic E-state index is -0.583. The van der Waals surface area contributed by atoms with Gasteiger partial charge >= 0.3 is 6.09 Å². The van der Waals surface area contributed by atoms with Gasteiger partial charge in [-0.15, -0.1) is 0 Å². The van der Waals surface area contributed by atoms with Crippen molar-refractivity contribution in [3.63, 3.8) is 0 Å². The largest absolute Gasteiger partial charge is 0.444 e. The van der Waals surface area contributed by atoms with Crippen molar-refractivity contribution >= 4 is 23.6 Å². The summed E-state index contributed by atoms with van der Waals surface area (Å²) in [4.78, 5) is 32.7. The van der Waals surface area contributed by atoms with Crippen LogP contribution in [-0.4, -0.2) is 89.8 Å². The molecule has 3 fully saturated rings. The van der Waals surface area contributed by atoms with Gasteiger partial charge in [0.05, 0.1) is 5.92 Å². The Hall–Kier alpha value is -1.90. The number of benzene rings is 1. The Balaban J connectivity index is 1.54. The summed E-state index contributed by atoms with van der Waals surface area (Å²) in [7, 11) is 0. The molecular formula is C27H39ClFN3O4. The second-order valence-electron chi connectivity index (χ2n) is 11.5. The van der Waals surface area contributed by atoms with E-state index in [1.54, 1.807) is 17.0 Å². The summed E-state index contributed by atoms with van der Waals surface area (Å²) >= 11 is 6.03. The summed E-state index contributed by atoms with van der Waals surface area (Å²) in [5.41, 5.74) is -0.0410. The number of likely N-dealkylation sites (tertiary alicyclic amines) is 1. The van der Waals surface area contributed by atoms with Crippen LogP contribution in [0.15, 0.2) is 18.2 Å². The van der Waals surface area contributed by atoms with Crippen molar-refractivity contribution in [2.45, 2.75) is 77.1 Å². The topological polar surface area (TPSA) is 62.3 Å². The van der Waals surface area contributed by atoms with Crippen molar-refractivity contribution < 1.29 is 23.5 Å². The van der Waals surface area contributed by atoms with Gasteiger partial charge in [-0.3, -0.25) is 9.69 Å². The number of ether oxygens (including phenoxy) is 2. The van der Waals surface area contributed by atoms with Gasteiger partial charge in [-0.05, 0) is 65.2 Å². The van der Waals surface area contributed by atoms with Gasteiger partial charge in [0.1, 0.15) is 11.4 Å². The zero-order valence-electron chi connectivity index (χ0n) is 22.0. The lowest BCUT2D eigenvalue weighted by molar-refractivity contribution is -0.141. The van der Waals surface area contributed by atoms with Crippen LogP contribution in [0.25, 0.3) is 0 Å². The summed E-state index contributed by atoms with van der Waals surface area (Å²) in [5, 5.41) is 0.346. The van der Waals surface area contributed by atoms with E-state index in [4.69, 9.17) is 21.1 Å². The fourth-order valence-corrected chi connectivity index (χ4v) is 5.93. The van der Waals surface area contributed by atoms with Gasteiger partial charge in [-0.1, -0.05) is 17.7 Å². The summed E-state index contributed by atoms with van der Waals surface area (Å²) in [6, 6.07) is 4.73. The normalized spacial score (nSPS) is 28.4. The molecule has 0 spiro atoms. The van der Waals surface area contributed by atoms with Crippen LogP contribution in [0.1, 0.15) is 58.9 Å². The molecule has 200 valence electrons. The number of halogens is 2. The standard InChI is InChI=1S/C27H39ClFN3O4/c1-17-14-32(26(34)36-27(3,4)5)18(2)13-31(17)25(33)23-16-30(20-8-10-35-11-9-20)15-22(23)21-7-6-19(28)12-24(21)29/h6-7,12,17-18,20,22-23H,8-11,13-16H2,1-5H3/t17-,18+,22-,23+/m0/s1. The minimum Gasteiger partial charge on any atom is -0.444 e. The second kappa shape index (κ2) is 10.8. The molecule has 3 saturated heterocycles. The van der Waals surface area contributed by atoms with E-state index < -0.39 is 5.60 Å². The molecule has 0 bridgehead atoms. The van der Waals surface area contributed by atoms with Crippen molar-refractivity contribution in [3.05, 3.63) is 34.6 Å². The van der Waals surface area contributed by atoms with Crippen LogP contribution >= 0.6 is 11.6 Å². The highest BCUT2D eigenvalue weighted by Gasteiger charge is 2.46. The zero-order chi connectivity index (χ0) is 26.2. The fourth-order valence-electron chi connectivity index (χ4n) is 5.77. The van der Waals surface area contributed by atoms with Gasteiger partial charge in [0.25, 0.3) is 0 Å². The number of carbonyl (C=O) groups is 2. The first-order valence-corrected chi connectivity index (χ1v) is 13.4. The molecule has 2 amide bonds. The smallest absolute Gasteiger partial charge is 0.410 e. The summed E-state index contributed by atoms with van der Waals surface area (Å²) < 4.78 is 26.2. The Morgan fingerprint density at radius 3 is 2.31 bits per heavy atom. The van der Waals surface area contributed by atoms with E-state index in [0.717, 1.165) is 12.8 Å². The molecule has 0 aliphatic carbocycles. The second-order valence-corrected chi connectivity index (χ2v) is 11.9. The first kappa shape index (κ1) is 27.1. The summed E-state index contributed by atoms with van der Waals surface area (Å²) in [5.74, 6) is -0.974. The number of nitrogens with zero attached hydrogens (tertiary/aromatic N) is 3. The zero-order valence-corrected chi connectivity index (χ0v) is 22.8. The Labute approximate surface area is 218 Å². The lowest BCUT2D eigenvalue weighted by atomic mass is 9.87. The lowest BCUT2D eigenvalue weighted by Crippen LogP contribution is -2.61. The summed E-state index contributed by atoms with van der Waals surface area (Å²) in [6.45, 7) is 12.9. The molecule has 0 radical (unpaired) electrons.